The molecule has 17 heavy (non-hydrogen) atoms. The third-order valence-corrected chi connectivity index (χ3v) is 3.04. The van der Waals surface area contributed by atoms with E-state index >= 15 is 0 Å². The summed E-state index contributed by atoms with van der Waals surface area (Å²) in [5, 5.41) is 0. The van der Waals surface area contributed by atoms with Gasteiger partial charge in [-0.1, -0.05) is 12.8 Å². The van der Waals surface area contributed by atoms with Gasteiger partial charge in [-0.2, -0.15) is 0 Å². The lowest BCUT2D eigenvalue weighted by atomic mass is 10.1. The van der Waals surface area contributed by atoms with E-state index in [-0.39, 0.29) is 11.6 Å². The highest BCUT2D eigenvalue weighted by atomic mass is 19.2. The molecule has 1 aromatic carbocycles. The third kappa shape index (κ3) is 2.43. The topological polar surface area (TPSA) is 38.4 Å². The van der Waals surface area contributed by atoms with Gasteiger partial charge in [0.2, 0.25) is 0 Å². The quantitative estimate of drug-likeness (QED) is 0.482. The van der Waals surface area contributed by atoms with E-state index < -0.39 is 17.5 Å². The number of nitrogens with zero attached hydrogens (tertiary/aromatic N) is 1. The monoisotopic (exact) mass is 242 g/mol. The Morgan fingerprint density at radius 2 is 1.76 bits per heavy atom. The van der Waals surface area contributed by atoms with Crippen molar-refractivity contribution in [3.63, 3.8) is 0 Å². The fourth-order valence-electron chi connectivity index (χ4n) is 2.05. The molecule has 1 fully saturated rings. The van der Waals surface area contributed by atoms with Gasteiger partial charge in [-0.25, -0.2) is 18.2 Å². The van der Waals surface area contributed by atoms with Crippen molar-refractivity contribution in [1.29, 1.82) is 0 Å². The van der Waals surface area contributed by atoms with Gasteiger partial charge >= 0.3 is 0 Å². The van der Waals surface area contributed by atoms with Crippen LogP contribution in [0.4, 0.5) is 18.9 Å². The first-order valence-corrected chi connectivity index (χ1v) is 5.57. The molecule has 0 spiro atoms. The average molecular weight is 242 g/mol. The number of hydrogen-bond donors (Lipinski definition) is 1. The zero-order chi connectivity index (χ0) is 12.4. The fourth-order valence-corrected chi connectivity index (χ4v) is 2.05. The Bertz CT molecular complexity index is 451. The number of halogens is 3. The molecule has 0 bridgehead atoms. The standard InChI is InChI=1S/C12H13F3N2/c13-8-5-6-9(11(15)10(8)14)17-12(16)7-3-1-2-4-7/h5-7H,1-4H2,(H2,16,17). The van der Waals surface area contributed by atoms with Gasteiger partial charge in [0, 0.05) is 5.92 Å². The van der Waals surface area contributed by atoms with Gasteiger partial charge in [0.1, 0.15) is 11.5 Å². The Morgan fingerprint density at radius 3 is 2.41 bits per heavy atom. The molecular formula is C12H13F3N2. The van der Waals surface area contributed by atoms with Crippen molar-refractivity contribution in [2.45, 2.75) is 25.7 Å². The van der Waals surface area contributed by atoms with Gasteiger partial charge in [0.15, 0.2) is 17.5 Å². The second-order valence-electron chi connectivity index (χ2n) is 4.21. The summed E-state index contributed by atoms with van der Waals surface area (Å²) in [5.74, 6) is -3.59. The average Bonchev–Trinajstić information content (AvgIpc) is 2.83. The van der Waals surface area contributed by atoms with Gasteiger partial charge in [0.05, 0.1) is 0 Å². The molecule has 1 saturated carbocycles. The number of hydrogen-bond acceptors (Lipinski definition) is 1. The lowest BCUT2D eigenvalue weighted by Crippen LogP contribution is -2.20. The van der Waals surface area contributed by atoms with Crippen LogP contribution in [0.25, 0.3) is 0 Å². The van der Waals surface area contributed by atoms with Crippen molar-refractivity contribution in [3.8, 4) is 0 Å². The van der Waals surface area contributed by atoms with Gasteiger partial charge in [0.25, 0.3) is 0 Å². The minimum atomic E-state index is -1.51. The van der Waals surface area contributed by atoms with Crippen LogP contribution in [0.5, 0.6) is 0 Å². The van der Waals surface area contributed by atoms with E-state index in [0.717, 1.165) is 37.8 Å². The second-order valence-corrected chi connectivity index (χ2v) is 4.21. The normalized spacial score (nSPS) is 17.7. The Hall–Kier alpha value is -1.52. The molecule has 5 heteroatoms. The molecule has 1 aliphatic carbocycles. The van der Waals surface area contributed by atoms with E-state index in [2.05, 4.69) is 4.99 Å². The summed E-state index contributed by atoms with van der Waals surface area (Å²) < 4.78 is 39.0. The molecule has 0 aromatic heterocycles. The van der Waals surface area contributed by atoms with Gasteiger partial charge in [-0.15, -0.1) is 0 Å². The van der Waals surface area contributed by atoms with Gasteiger partial charge in [-0.05, 0) is 25.0 Å². The van der Waals surface area contributed by atoms with Crippen LogP contribution in [-0.4, -0.2) is 5.84 Å². The van der Waals surface area contributed by atoms with Crippen LogP contribution in [0, 0.1) is 23.4 Å². The van der Waals surface area contributed by atoms with Crippen molar-refractivity contribution in [1.82, 2.24) is 0 Å². The zero-order valence-electron chi connectivity index (χ0n) is 9.22. The summed E-state index contributed by atoms with van der Waals surface area (Å²) >= 11 is 0. The molecule has 1 aliphatic rings. The number of aliphatic imine (C=N–C) groups is 1. The maximum atomic E-state index is 13.3. The van der Waals surface area contributed by atoms with Crippen molar-refractivity contribution in [3.05, 3.63) is 29.6 Å². The number of amidine groups is 1. The highest BCUT2D eigenvalue weighted by Crippen LogP contribution is 2.27. The first-order valence-electron chi connectivity index (χ1n) is 5.57. The number of benzene rings is 1. The molecule has 0 aliphatic heterocycles. The SMILES string of the molecule is NC(=Nc1ccc(F)c(F)c1F)C1CCCC1. The summed E-state index contributed by atoms with van der Waals surface area (Å²) in [7, 11) is 0. The summed E-state index contributed by atoms with van der Waals surface area (Å²) in [4.78, 5) is 3.86. The fraction of sp³-hybridized carbons (Fsp3) is 0.417. The molecule has 0 amide bonds. The lowest BCUT2D eigenvalue weighted by molar-refractivity contribution is 0.448. The van der Waals surface area contributed by atoms with E-state index in [1.54, 1.807) is 0 Å². The lowest BCUT2D eigenvalue weighted by Gasteiger charge is -2.08. The van der Waals surface area contributed by atoms with E-state index in [4.69, 9.17) is 5.73 Å². The van der Waals surface area contributed by atoms with Crippen LogP contribution >= 0.6 is 0 Å². The van der Waals surface area contributed by atoms with Crippen LogP contribution in [0.2, 0.25) is 0 Å². The second kappa shape index (κ2) is 4.77. The molecule has 0 heterocycles. The largest absolute Gasteiger partial charge is 0.387 e. The van der Waals surface area contributed by atoms with Crippen molar-refractivity contribution >= 4 is 11.5 Å². The van der Waals surface area contributed by atoms with Crippen molar-refractivity contribution < 1.29 is 13.2 Å². The van der Waals surface area contributed by atoms with Crippen LogP contribution in [0.3, 0.4) is 0 Å². The molecular weight excluding hydrogens is 229 g/mol. The van der Waals surface area contributed by atoms with Crippen LogP contribution in [0.1, 0.15) is 25.7 Å². The minimum Gasteiger partial charge on any atom is -0.387 e. The first kappa shape index (κ1) is 12.0. The number of nitrogens with two attached hydrogens (primary N) is 1. The Kier molecular flexibility index (Phi) is 3.36. The molecule has 2 rings (SSSR count). The molecule has 0 atom stereocenters. The summed E-state index contributed by atoms with van der Waals surface area (Å²) in [6.45, 7) is 0. The predicted octanol–water partition coefficient (Wildman–Crippen LogP) is 3.28. The van der Waals surface area contributed by atoms with Crippen LogP contribution < -0.4 is 5.73 Å². The minimum absolute atomic E-state index is 0.127. The summed E-state index contributed by atoms with van der Waals surface area (Å²) in [6, 6.07) is 1.94. The smallest absolute Gasteiger partial charge is 0.196 e. The Balaban J connectivity index is 2.28. The summed E-state index contributed by atoms with van der Waals surface area (Å²) in [6.07, 6.45) is 3.98. The molecule has 2 N–H and O–H groups in total. The molecule has 2 nitrogen and oxygen atoms in total. The molecule has 92 valence electrons. The maximum Gasteiger partial charge on any atom is 0.196 e. The van der Waals surface area contributed by atoms with E-state index in [9.17, 15) is 13.2 Å². The highest BCUT2D eigenvalue weighted by molar-refractivity contribution is 5.85. The van der Waals surface area contributed by atoms with Crippen molar-refractivity contribution in [2.75, 3.05) is 0 Å². The van der Waals surface area contributed by atoms with Crippen LogP contribution in [-0.2, 0) is 0 Å². The third-order valence-electron chi connectivity index (χ3n) is 3.04. The zero-order valence-corrected chi connectivity index (χ0v) is 9.22. The molecule has 0 radical (unpaired) electrons. The molecule has 0 unspecified atom stereocenters. The van der Waals surface area contributed by atoms with E-state index in [1.165, 1.54) is 0 Å². The maximum absolute atomic E-state index is 13.3. The van der Waals surface area contributed by atoms with E-state index in [1.807, 2.05) is 0 Å². The molecule has 0 saturated heterocycles. The Morgan fingerprint density at radius 1 is 1.12 bits per heavy atom. The van der Waals surface area contributed by atoms with Crippen LogP contribution in [0.15, 0.2) is 17.1 Å². The first-order chi connectivity index (χ1) is 8.09. The van der Waals surface area contributed by atoms with Gasteiger partial charge < -0.3 is 5.73 Å². The van der Waals surface area contributed by atoms with Gasteiger partial charge in [-0.3, -0.25) is 0 Å². The molecule has 1 aromatic rings. The van der Waals surface area contributed by atoms with E-state index in [0.29, 0.717) is 5.84 Å². The Labute approximate surface area is 97.3 Å². The number of rotatable bonds is 2. The predicted molar refractivity (Wildman–Crippen MR) is 59.6 cm³/mol. The highest BCUT2D eigenvalue weighted by Gasteiger charge is 2.20. The van der Waals surface area contributed by atoms with Crippen molar-refractivity contribution in [2.24, 2.45) is 16.6 Å². The summed E-state index contributed by atoms with van der Waals surface area (Å²) in [5.41, 5.74) is 5.49.